The van der Waals surface area contributed by atoms with Crippen molar-refractivity contribution in [2.24, 2.45) is 0 Å². The van der Waals surface area contributed by atoms with Crippen LogP contribution in [0.15, 0.2) is 29.3 Å². The van der Waals surface area contributed by atoms with E-state index >= 15 is 0 Å². The van der Waals surface area contributed by atoms with Crippen LogP contribution in [0.25, 0.3) is 16.9 Å². The van der Waals surface area contributed by atoms with Crippen molar-refractivity contribution in [1.29, 1.82) is 5.26 Å². The van der Waals surface area contributed by atoms with Gasteiger partial charge in [0.15, 0.2) is 5.65 Å². The van der Waals surface area contributed by atoms with E-state index in [2.05, 4.69) is 15.1 Å². The molecular weight excluding hydrogens is 294 g/mol. The monoisotopic (exact) mass is 309 g/mol. The summed E-state index contributed by atoms with van der Waals surface area (Å²) in [6.45, 7) is 3.88. The zero-order valence-electron chi connectivity index (χ0n) is 13.0. The molecule has 0 aromatic carbocycles. The number of aromatic amines is 1. The van der Waals surface area contributed by atoms with Crippen LogP contribution in [0.4, 0.5) is 0 Å². The average Bonchev–Trinajstić information content (AvgIpc) is 2.97. The summed E-state index contributed by atoms with van der Waals surface area (Å²) in [6, 6.07) is 5.57. The van der Waals surface area contributed by atoms with Crippen molar-refractivity contribution in [2.75, 3.05) is 7.11 Å². The molecule has 116 valence electrons. The van der Waals surface area contributed by atoms with Crippen LogP contribution in [0.2, 0.25) is 0 Å². The lowest BCUT2D eigenvalue weighted by Crippen LogP contribution is -2.22. The summed E-state index contributed by atoms with van der Waals surface area (Å²) in [7, 11) is 1.53. The summed E-state index contributed by atoms with van der Waals surface area (Å²) in [6.07, 6.45) is 3.00. The molecule has 7 heteroatoms. The first-order chi connectivity index (χ1) is 11.1. The van der Waals surface area contributed by atoms with Crippen molar-refractivity contribution in [2.45, 2.75) is 19.8 Å². The standard InChI is InChI=1S/C16H15N5O2/c1-9(2)13-14(10-4-5-18-12(6-10)23-3)20-15-11(7-17)8-19-21(15)16(13)22/h4-6,8-9,20H,1-3H3. The Bertz CT molecular complexity index is 978. The maximum Gasteiger partial charge on any atom is 0.278 e. The molecule has 1 N–H and O–H groups in total. The highest BCUT2D eigenvalue weighted by Gasteiger charge is 2.19. The van der Waals surface area contributed by atoms with Gasteiger partial charge in [0.2, 0.25) is 5.88 Å². The number of H-pyrrole nitrogens is 1. The first-order valence-electron chi connectivity index (χ1n) is 7.11. The molecule has 0 spiro atoms. The van der Waals surface area contributed by atoms with Gasteiger partial charge in [0.1, 0.15) is 11.6 Å². The first kappa shape index (κ1) is 14.8. The Morgan fingerprint density at radius 3 is 2.87 bits per heavy atom. The molecule has 7 nitrogen and oxygen atoms in total. The lowest BCUT2D eigenvalue weighted by Gasteiger charge is -2.13. The van der Waals surface area contributed by atoms with Crippen LogP contribution in [0.5, 0.6) is 5.88 Å². The number of nitrogens with zero attached hydrogens (tertiary/aromatic N) is 4. The molecule has 3 heterocycles. The van der Waals surface area contributed by atoms with Gasteiger partial charge in [0.25, 0.3) is 5.56 Å². The number of fused-ring (bicyclic) bond motifs is 1. The summed E-state index contributed by atoms with van der Waals surface area (Å²) in [5.41, 5.74) is 2.48. The fraction of sp³-hybridized carbons (Fsp3) is 0.250. The fourth-order valence-corrected chi connectivity index (χ4v) is 2.55. The van der Waals surface area contributed by atoms with Crippen LogP contribution < -0.4 is 10.3 Å². The van der Waals surface area contributed by atoms with Crippen molar-refractivity contribution in [3.05, 3.63) is 46.0 Å². The summed E-state index contributed by atoms with van der Waals surface area (Å²) >= 11 is 0. The lowest BCUT2D eigenvalue weighted by atomic mass is 9.99. The van der Waals surface area contributed by atoms with Gasteiger partial charge in [0, 0.05) is 23.4 Å². The Balaban J connectivity index is 2.40. The third-order valence-electron chi connectivity index (χ3n) is 3.64. The molecule has 23 heavy (non-hydrogen) atoms. The summed E-state index contributed by atoms with van der Waals surface area (Å²) in [5, 5.41) is 13.2. The van der Waals surface area contributed by atoms with Crippen LogP contribution in [-0.2, 0) is 0 Å². The minimum atomic E-state index is -0.235. The second-order valence-corrected chi connectivity index (χ2v) is 5.39. The minimum absolute atomic E-state index is 0.0213. The maximum atomic E-state index is 12.8. The Kier molecular flexibility index (Phi) is 3.58. The predicted octanol–water partition coefficient (Wildman–Crippen LogP) is 2.09. The Morgan fingerprint density at radius 2 is 2.22 bits per heavy atom. The van der Waals surface area contributed by atoms with Crippen molar-refractivity contribution < 1.29 is 4.74 Å². The SMILES string of the molecule is COc1cc(-c2[nH]c3c(C#N)cnn3c(=O)c2C(C)C)ccn1. The lowest BCUT2D eigenvalue weighted by molar-refractivity contribution is 0.398. The molecule has 3 rings (SSSR count). The average molecular weight is 309 g/mol. The van der Waals surface area contributed by atoms with Crippen LogP contribution in [0, 0.1) is 11.3 Å². The van der Waals surface area contributed by atoms with E-state index in [0.717, 1.165) is 5.56 Å². The van der Waals surface area contributed by atoms with E-state index in [9.17, 15) is 10.1 Å². The fourth-order valence-electron chi connectivity index (χ4n) is 2.55. The molecule has 0 bridgehead atoms. The number of aromatic nitrogens is 4. The van der Waals surface area contributed by atoms with E-state index in [1.165, 1.54) is 17.8 Å². The molecular formula is C16H15N5O2. The predicted molar refractivity (Wildman–Crippen MR) is 84.4 cm³/mol. The van der Waals surface area contributed by atoms with Crippen LogP contribution in [0.1, 0.15) is 30.9 Å². The summed E-state index contributed by atoms with van der Waals surface area (Å²) in [4.78, 5) is 20.0. The quantitative estimate of drug-likeness (QED) is 0.799. The molecule has 0 saturated heterocycles. The van der Waals surface area contributed by atoms with Gasteiger partial charge in [-0.15, -0.1) is 0 Å². The molecule has 3 aromatic rings. The number of rotatable bonds is 3. The number of hydrogen-bond acceptors (Lipinski definition) is 5. The molecule has 0 aliphatic heterocycles. The van der Waals surface area contributed by atoms with Gasteiger partial charge in [-0.3, -0.25) is 4.79 Å². The van der Waals surface area contributed by atoms with Gasteiger partial charge >= 0.3 is 0 Å². The second-order valence-electron chi connectivity index (χ2n) is 5.39. The molecule has 0 aliphatic carbocycles. The molecule has 0 atom stereocenters. The van der Waals surface area contributed by atoms with Crippen molar-refractivity contribution >= 4 is 5.65 Å². The highest BCUT2D eigenvalue weighted by atomic mass is 16.5. The molecule has 3 aromatic heterocycles. The molecule has 0 radical (unpaired) electrons. The Morgan fingerprint density at radius 1 is 1.43 bits per heavy atom. The smallest absolute Gasteiger partial charge is 0.278 e. The van der Waals surface area contributed by atoms with E-state index < -0.39 is 0 Å². The van der Waals surface area contributed by atoms with Crippen molar-refractivity contribution in [3.8, 4) is 23.2 Å². The van der Waals surface area contributed by atoms with Gasteiger partial charge in [-0.05, 0) is 12.0 Å². The Labute approximate surface area is 132 Å². The van der Waals surface area contributed by atoms with Gasteiger partial charge in [0.05, 0.1) is 19.0 Å². The zero-order chi connectivity index (χ0) is 16.6. The molecule has 0 fully saturated rings. The number of pyridine rings is 1. The van der Waals surface area contributed by atoms with E-state index in [1.54, 1.807) is 18.3 Å². The topological polar surface area (TPSA) is 96.1 Å². The maximum absolute atomic E-state index is 12.8. The summed E-state index contributed by atoms with van der Waals surface area (Å²) in [5.74, 6) is 0.430. The third kappa shape index (κ3) is 2.34. The van der Waals surface area contributed by atoms with Gasteiger partial charge < -0.3 is 9.72 Å². The minimum Gasteiger partial charge on any atom is -0.481 e. The van der Waals surface area contributed by atoms with Crippen LogP contribution >= 0.6 is 0 Å². The van der Waals surface area contributed by atoms with Gasteiger partial charge in [-0.1, -0.05) is 13.8 Å². The largest absolute Gasteiger partial charge is 0.481 e. The number of hydrogen-bond donors (Lipinski definition) is 1. The van der Waals surface area contributed by atoms with Gasteiger partial charge in [-0.2, -0.15) is 14.9 Å². The van der Waals surface area contributed by atoms with Gasteiger partial charge in [-0.25, -0.2) is 4.98 Å². The normalized spacial score (nSPS) is 10.9. The van der Waals surface area contributed by atoms with Crippen molar-refractivity contribution in [3.63, 3.8) is 0 Å². The van der Waals surface area contributed by atoms with Crippen molar-refractivity contribution in [1.82, 2.24) is 19.6 Å². The van der Waals surface area contributed by atoms with E-state index in [-0.39, 0.29) is 11.5 Å². The zero-order valence-corrected chi connectivity index (χ0v) is 13.0. The van der Waals surface area contributed by atoms with E-state index in [1.807, 2.05) is 19.9 Å². The van der Waals surface area contributed by atoms with Crippen LogP contribution in [-0.4, -0.2) is 26.7 Å². The molecule has 0 saturated carbocycles. The third-order valence-corrected chi connectivity index (χ3v) is 3.64. The number of nitriles is 1. The van der Waals surface area contributed by atoms with E-state index in [0.29, 0.717) is 28.3 Å². The number of methoxy groups -OCH3 is 1. The second kappa shape index (κ2) is 5.57. The molecule has 0 aliphatic rings. The Hall–Kier alpha value is -3.14. The molecule has 0 unspecified atom stereocenters. The highest BCUT2D eigenvalue weighted by Crippen LogP contribution is 2.27. The highest BCUT2D eigenvalue weighted by molar-refractivity contribution is 5.68. The number of nitrogens with one attached hydrogen (secondary N) is 1. The molecule has 0 amide bonds. The summed E-state index contributed by atoms with van der Waals surface area (Å²) < 4.78 is 6.38. The van der Waals surface area contributed by atoms with E-state index in [4.69, 9.17) is 4.74 Å². The number of ether oxygens (including phenoxy) is 1. The first-order valence-corrected chi connectivity index (χ1v) is 7.11. The van der Waals surface area contributed by atoms with Crippen LogP contribution in [0.3, 0.4) is 0 Å².